The van der Waals surface area contributed by atoms with Gasteiger partial charge in [-0.15, -0.1) is 11.3 Å². The second-order valence-corrected chi connectivity index (χ2v) is 6.61. The molecular weight excluding hydrogens is 286 g/mol. The fourth-order valence-corrected chi connectivity index (χ4v) is 3.80. The number of carbonyl (C=O) groups is 1. The third-order valence-corrected chi connectivity index (χ3v) is 4.61. The highest BCUT2D eigenvalue weighted by Crippen LogP contribution is 2.26. The van der Waals surface area contributed by atoms with Crippen molar-refractivity contribution in [3.63, 3.8) is 0 Å². The van der Waals surface area contributed by atoms with Crippen LogP contribution in [0, 0.1) is 11.8 Å². The van der Waals surface area contributed by atoms with Crippen molar-refractivity contribution in [1.82, 2.24) is 4.90 Å². The van der Waals surface area contributed by atoms with Gasteiger partial charge in [0.2, 0.25) is 0 Å². The Hall–Kier alpha value is -0.350. The Morgan fingerprint density at radius 1 is 1.44 bits per heavy atom. The summed E-state index contributed by atoms with van der Waals surface area (Å²) in [6, 6.07) is 1.91. The van der Waals surface area contributed by atoms with Crippen LogP contribution in [0.2, 0.25) is 0 Å². The Morgan fingerprint density at radius 2 is 2.06 bits per heavy atom. The molecule has 1 aromatic heterocycles. The summed E-state index contributed by atoms with van der Waals surface area (Å²) in [5.41, 5.74) is 0. The van der Waals surface area contributed by atoms with Crippen LogP contribution in [0.5, 0.6) is 0 Å². The van der Waals surface area contributed by atoms with Gasteiger partial charge in [0.05, 0.1) is 4.88 Å². The summed E-state index contributed by atoms with van der Waals surface area (Å²) < 4.78 is 0.999. The van der Waals surface area contributed by atoms with E-state index in [9.17, 15) is 4.79 Å². The fourth-order valence-electron chi connectivity index (χ4n) is 2.41. The van der Waals surface area contributed by atoms with Gasteiger partial charge in [-0.05, 0) is 40.3 Å². The first-order valence-electron chi connectivity index (χ1n) is 5.59. The van der Waals surface area contributed by atoms with Gasteiger partial charge in [0.1, 0.15) is 0 Å². The van der Waals surface area contributed by atoms with Crippen molar-refractivity contribution in [2.24, 2.45) is 11.8 Å². The van der Waals surface area contributed by atoms with Crippen LogP contribution in [0.15, 0.2) is 15.9 Å². The fraction of sp³-hybridized carbons (Fsp3) is 0.583. The van der Waals surface area contributed by atoms with Gasteiger partial charge in [0.15, 0.2) is 0 Å². The number of likely N-dealkylation sites (tertiary alicyclic amines) is 1. The molecule has 2 nitrogen and oxygen atoms in total. The predicted molar refractivity (Wildman–Crippen MR) is 70.9 cm³/mol. The van der Waals surface area contributed by atoms with Gasteiger partial charge in [-0.2, -0.15) is 0 Å². The molecule has 88 valence electrons. The van der Waals surface area contributed by atoms with E-state index in [-0.39, 0.29) is 5.91 Å². The summed E-state index contributed by atoms with van der Waals surface area (Å²) in [5.74, 6) is 1.43. The molecule has 0 aromatic carbocycles. The highest BCUT2D eigenvalue weighted by molar-refractivity contribution is 9.10. The average molecular weight is 302 g/mol. The molecule has 0 N–H and O–H groups in total. The first kappa shape index (κ1) is 12.1. The molecule has 0 saturated carbocycles. The maximum absolute atomic E-state index is 12.2. The topological polar surface area (TPSA) is 20.3 Å². The van der Waals surface area contributed by atoms with Crippen LogP contribution >= 0.6 is 27.3 Å². The zero-order valence-corrected chi connectivity index (χ0v) is 12.0. The number of nitrogens with zero attached hydrogens (tertiary/aromatic N) is 1. The van der Waals surface area contributed by atoms with Crippen LogP contribution in [0.25, 0.3) is 0 Å². The molecule has 1 aromatic rings. The number of thiophene rings is 1. The number of rotatable bonds is 1. The minimum atomic E-state index is 0.189. The van der Waals surface area contributed by atoms with E-state index in [1.807, 2.05) is 16.3 Å². The van der Waals surface area contributed by atoms with E-state index in [1.165, 1.54) is 17.8 Å². The Kier molecular flexibility index (Phi) is 3.70. The van der Waals surface area contributed by atoms with Gasteiger partial charge >= 0.3 is 0 Å². The van der Waals surface area contributed by atoms with Crippen molar-refractivity contribution in [2.45, 2.75) is 20.3 Å². The number of carbonyl (C=O) groups excluding carboxylic acids is 1. The maximum atomic E-state index is 12.2. The lowest BCUT2D eigenvalue weighted by molar-refractivity contribution is 0.0628. The third kappa shape index (κ3) is 2.66. The van der Waals surface area contributed by atoms with Gasteiger partial charge in [0.25, 0.3) is 5.91 Å². The number of piperidine rings is 1. The highest BCUT2D eigenvalue weighted by Gasteiger charge is 2.26. The molecule has 4 heteroatoms. The van der Waals surface area contributed by atoms with E-state index in [2.05, 4.69) is 29.8 Å². The summed E-state index contributed by atoms with van der Waals surface area (Å²) in [4.78, 5) is 15.1. The molecule has 1 saturated heterocycles. The molecule has 1 amide bonds. The zero-order chi connectivity index (χ0) is 11.7. The van der Waals surface area contributed by atoms with Crippen LogP contribution in [-0.2, 0) is 0 Å². The smallest absolute Gasteiger partial charge is 0.263 e. The molecule has 1 aliphatic rings. The van der Waals surface area contributed by atoms with Crippen molar-refractivity contribution in [3.05, 3.63) is 20.8 Å². The molecule has 0 unspecified atom stereocenters. The summed E-state index contributed by atoms with van der Waals surface area (Å²) >= 11 is 4.90. The highest BCUT2D eigenvalue weighted by atomic mass is 79.9. The number of hydrogen-bond donors (Lipinski definition) is 0. The van der Waals surface area contributed by atoms with E-state index < -0.39 is 0 Å². The SMILES string of the molecule is C[C@H]1C[C@H](C)CN(C(=O)c2cc(Br)cs2)C1. The minimum Gasteiger partial charge on any atom is -0.337 e. The lowest BCUT2D eigenvalue weighted by Crippen LogP contribution is -2.42. The second-order valence-electron chi connectivity index (χ2n) is 4.79. The van der Waals surface area contributed by atoms with E-state index in [1.54, 1.807) is 0 Å². The first-order chi connectivity index (χ1) is 7.56. The zero-order valence-electron chi connectivity index (χ0n) is 9.57. The molecule has 1 aliphatic heterocycles. The summed E-state index contributed by atoms with van der Waals surface area (Å²) in [5, 5.41) is 1.96. The summed E-state index contributed by atoms with van der Waals surface area (Å²) in [6.45, 7) is 6.25. The monoisotopic (exact) mass is 301 g/mol. The molecule has 0 aliphatic carbocycles. The Balaban J connectivity index is 2.09. The van der Waals surface area contributed by atoms with Gasteiger partial charge in [-0.1, -0.05) is 13.8 Å². The van der Waals surface area contributed by atoms with Gasteiger partial charge in [-0.25, -0.2) is 0 Å². The van der Waals surface area contributed by atoms with Gasteiger partial charge in [-0.3, -0.25) is 4.79 Å². The number of halogens is 1. The molecular formula is C12H16BrNOS. The minimum absolute atomic E-state index is 0.189. The van der Waals surface area contributed by atoms with Crippen LogP contribution in [-0.4, -0.2) is 23.9 Å². The molecule has 2 heterocycles. The van der Waals surface area contributed by atoms with Crippen molar-refractivity contribution in [1.29, 1.82) is 0 Å². The summed E-state index contributed by atoms with van der Waals surface area (Å²) in [6.07, 6.45) is 1.23. The van der Waals surface area contributed by atoms with Crippen LogP contribution in [0.4, 0.5) is 0 Å². The van der Waals surface area contributed by atoms with Crippen LogP contribution < -0.4 is 0 Å². The maximum Gasteiger partial charge on any atom is 0.263 e. The standard InChI is InChI=1S/C12H16BrNOS/c1-8-3-9(2)6-14(5-8)12(15)11-4-10(13)7-16-11/h4,7-9H,3,5-6H2,1-2H3/t8-,9-/m0/s1. The lowest BCUT2D eigenvalue weighted by atomic mass is 9.92. The molecule has 0 spiro atoms. The lowest BCUT2D eigenvalue weighted by Gasteiger charge is -2.34. The quantitative estimate of drug-likeness (QED) is 0.776. The summed E-state index contributed by atoms with van der Waals surface area (Å²) in [7, 11) is 0. The molecule has 16 heavy (non-hydrogen) atoms. The normalized spacial score (nSPS) is 25.8. The van der Waals surface area contributed by atoms with Crippen LogP contribution in [0.3, 0.4) is 0 Å². The van der Waals surface area contributed by atoms with E-state index in [0.29, 0.717) is 11.8 Å². The van der Waals surface area contributed by atoms with Gasteiger partial charge < -0.3 is 4.90 Å². The second kappa shape index (κ2) is 4.88. The van der Waals surface area contributed by atoms with E-state index in [4.69, 9.17) is 0 Å². The molecule has 1 fully saturated rings. The number of hydrogen-bond acceptors (Lipinski definition) is 2. The predicted octanol–water partition coefficient (Wildman–Crippen LogP) is 3.63. The first-order valence-corrected chi connectivity index (χ1v) is 7.27. The molecule has 2 atom stereocenters. The third-order valence-electron chi connectivity index (χ3n) is 2.93. The average Bonchev–Trinajstić information content (AvgIpc) is 2.62. The molecule has 2 rings (SSSR count). The molecule has 0 bridgehead atoms. The Morgan fingerprint density at radius 3 is 2.56 bits per heavy atom. The largest absolute Gasteiger partial charge is 0.337 e. The van der Waals surface area contributed by atoms with Crippen molar-refractivity contribution >= 4 is 33.2 Å². The van der Waals surface area contributed by atoms with Crippen LogP contribution in [0.1, 0.15) is 29.9 Å². The van der Waals surface area contributed by atoms with E-state index in [0.717, 1.165) is 22.4 Å². The van der Waals surface area contributed by atoms with E-state index >= 15 is 0 Å². The van der Waals surface area contributed by atoms with Crippen molar-refractivity contribution in [2.75, 3.05) is 13.1 Å². The molecule has 0 radical (unpaired) electrons. The van der Waals surface area contributed by atoms with Crippen molar-refractivity contribution in [3.8, 4) is 0 Å². The number of amides is 1. The van der Waals surface area contributed by atoms with Crippen molar-refractivity contribution < 1.29 is 4.79 Å². The Labute approximate surface area is 109 Å². The Bertz CT molecular complexity index is 380. The van der Waals surface area contributed by atoms with Gasteiger partial charge in [0, 0.05) is 22.9 Å².